The van der Waals surface area contributed by atoms with Crippen molar-refractivity contribution in [1.29, 1.82) is 0 Å². The maximum atomic E-state index is 11.8. The molecule has 1 atom stereocenters. The first-order valence-electron chi connectivity index (χ1n) is 8.12. The average Bonchev–Trinajstić information content (AvgIpc) is 3.01. The molecule has 0 bridgehead atoms. The molecule has 25 heavy (non-hydrogen) atoms. The largest absolute Gasteiger partial charge is 0.384 e. The van der Waals surface area contributed by atoms with Crippen LogP contribution in [0.15, 0.2) is 24.5 Å². The van der Waals surface area contributed by atoms with E-state index >= 15 is 0 Å². The zero-order chi connectivity index (χ0) is 18.0. The van der Waals surface area contributed by atoms with Gasteiger partial charge in [-0.2, -0.15) is 0 Å². The van der Waals surface area contributed by atoms with Gasteiger partial charge in [0.25, 0.3) is 5.91 Å². The number of aromatic amines is 1. The van der Waals surface area contributed by atoms with Gasteiger partial charge in [-0.3, -0.25) is 9.59 Å². The van der Waals surface area contributed by atoms with Crippen molar-refractivity contribution in [3.63, 3.8) is 0 Å². The van der Waals surface area contributed by atoms with Crippen molar-refractivity contribution in [2.75, 3.05) is 31.1 Å². The van der Waals surface area contributed by atoms with Crippen molar-refractivity contribution < 1.29 is 14.7 Å². The summed E-state index contributed by atoms with van der Waals surface area (Å²) in [5, 5.41) is 10.3. The van der Waals surface area contributed by atoms with Crippen LogP contribution in [0.25, 0.3) is 17.1 Å². The first-order chi connectivity index (χ1) is 12.0. The summed E-state index contributed by atoms with van der Waals surface area (Å²) in [7, 11) is 0. The quantitative estimate of drug-likeness (QED) is 0.681. The average molecular weight is 343 g/mol. The van der Waals surface area contributed by atoms with E-state index in [0.717, 1.165) is 22.3 Å². The van der Waals surface area contributed by atoms with Gasteiger partial charge in [-0.05, 0) is 19.1 Å². The van der Waals surface area contributed by atoms with E-state index in [1.807, 2.05) is 6.07 Å². The second-order valence-electron chi connectivity index (χ2n) is 6.06. The molecule has 0 saturated carbocycles. The third-order valence-electron chi connectivity index (χ3n) is 4.29. The lowest BCUT2D eigenvalue weighted by Crippen LogP contribution is -2.51. The number of pyridine rings is 1. The van der Waals surface area contributed by atoms with Crippen LogP contribution in [-0.4, -0.2) is 64.1 Å². The molecule has 0 unspecified atom stereocenters. The molecule has 132 valence electrons. The van der Waals surface area contributed by atoms with E-state index in [9.17, 15) is 14.7 Å². The van der Waals surface area contributed by atoms with E-state index < -0.39 is 12.0 Å². The first kappa shape index (κ1) is 17.0. The molecule has 1 fully saturated rings. The summed E-state index contributed by atoms with van der Waals surface area (Å²) in [6.45, 7) is 3.94. The smallest absolute Gasteiger partial charge is 0.251 e. The van der Waals surface area contributed by atoms with Gasteiger partial charge >= 0.3 is 0 Å². The molecule has 3 rings (SSSR count). The Kier molecular flexibility index (Phi) is 4.71. The fourth-order valence-electron chi connectivity index (χ4n) is 2.94. The number of nitrogens with one attached hydrogen (secondary N) is 1. The lowest BCUT2D eigenvalue weighted by atomic mass is 10.1. The number of nitrogens with zero attached hydrogens (tertiary/aromatic N) is 3. The summed E-state index contributed by atoms with van der Waals surface area (Å²) in [6, 6.07) is 2.01. The van der Waals surface area contributed by atoms with Gasteiger partial charge in [0.05, 0.1) is 11.9 Å². The minimum atomic E-state index is -0.968. The van der Waals surface area contributed by atoms with Gasteiger partial charge in [0.15, 0.2) is 0 Å². The van der Waals surface area contributed by atoms with Gasteiger partial charge in [-0.15, -0.1) is 0 Å². The molecule has 2 aromatic rings. The van der Waals surface area contributed by atoms with E-state index in [1.165, 1.54) is 13.0 Å². The van der Waals surface area contributed by atoms with Gasteiger partial charge < -0.3 is 25.6 Å². The number of carbonyl (C=O) groups is 2. The molecule has 2 aromatic heterocycles. The van der Waals surface area contributed by atoms with Crippen molar-refractivity contribution in [2.45, 2.75) is 13.0 Å². The predicted octanol–water partition coefficient (Wildman–Crippen LogP) is 0.0908. The molecule has 0 aromatic carbocycles. The highest BCUT2D eigenvalue weighted by Crippen LogP contribution is 2.24. The number of amides is 2. The second-order valence-corrected chi connectivity index (χ2v) is 6.06. The summed E-state index contributed by atoms with van der Waals surface area (Å²) >= 11 is 0. The summed E-state index contributed by atoms with van der Waals surface area (Å²) in [5.41, 5.74) is 7.67. The highest BCUT2D eigenvalue weighted by atomic mass is 16.3. The van der Waals surface area contributed by atoms with Gasteiger partial charge in [0, 0.05) is 49.4 Å². The van der Waals surface area contributed by atoms with Crippen LogP contribution in [0.4, 0.5) is 5.69 Å². The van der Waals surface area contributed by atoms with Crippen LogP contribution in [0.1, 0.15) is 12.5 Å². The number of nitrogens with two attached hydrogens (primary N) is 1. The topological polar surface area (TPSA) is 116 Å². The van der Waals surface area contributed by atoms with Gasteiger partial charge in [0.1, 0.15) is 11.8 Å². The van der Waals surface area contributed by atoms with E-state index in [1.54, 1.807) is 23.4 Å². The van der Waals surface area contributed by atoms with Crippen LogP contribution in [0.5, 0.6) is 0 Å². The summed E-state index contributed by atoms with van der Waals surface area (Å²) in [6.07, 6.45) is 5.57. The normalized spacial score (nSPS) is 16.6. The molecule has 1 saturated heterocycles. The van der Waals surface area contributed by atoms with Crippen LogP contribution in [0.3, 0.4) is 0 Å². The SMILES string of the molecule is C[C@H](O)C(=O)N1CCN(c2cnc3[nH]cc(C=CC(N)=O)c3c2)CC1. The minimum Gasteiger partial charge on any atom is -0.384 e. The van der Waals surface area contributed by atoms with Gasteiger partial charge in [-0.1, -0.05) is 0 Å². The Morgan fingerprint density at radius 2 is 2.08 bits per heavy atom. The maximum Gasteiger partial charge on any atom is 0.251 e. The zero-order valence-electron chi connectivity index (χ0n) is 14.0. The van der Waals surface area contributed by atoms with E-state index in [2.05, 4.69) is 14.9 Å². The molecule has 4 N–H and O–H groups in total. The van der Waals surface area contributed by atoms with Crippen molar-refractivity contribution in [3.8, 4) is 0 Å². The zero-order valence-corrected chi connectivity index (χ0v) is 14.0. The van der Waals surface area contributed by atoms with Crippen LogP contribution in [-0.2, 0) is 9.59 Å². The number of primary amides is 1. The number of anilines is 1. The second kappa shape index (κ2) is 6.94. The molecular weight excluding hydrogens is 322 g/mol. The molecule has 0 spiro atoms. The lowest BCUT2D eigenvalue weighted by Gasteiger charge is -2.36. The number of H-pyrrole nitrogens is 1. The third-order valence-corrected chi connectivity index (χ3v) is 4.29. The standard InChI is InChI=1S/C17H21N5O3/c1-11(23)17(25)22-6-4-21(5-7-22)13-8-14-12(2-3-15(18)24)9-19-16(14)20-10-13/h2-3,8-11,23H,4-7H2,1H3,(H2,18,24)(H,19,20)/t11-/m0/s1. The molecule has 0 radical (unpaired) electrons. The minimum absolute atomic E-state index is 0.238. The number of rotatable bonds is 4. The number of hydrogen-bond donors (Lipinski definition) is 3. The van der Waals surface area contributed by atoms with Crippen LogP contribution < -0.4 is 10.6 Å². The lowest BCUT2D eigenvalue weighted by molar-refractivity contribution is -0.139. The molecule has 0 aliphatic carbocycles. The number of carbonyl (C=O) groups excluding carboxylic acids is 2. The van der Waals surface area contributed by atoms with Crippen molar-refractivity contribution in [1.82, 2.24) is 14.9 Å². The Morgan fingerprint density at radius 1 is 1.36 bits per heavy atom. The fraction of sp³-hybridized carbons (Fsp3) is 0.353. The number of aliphatic hydroxyl groups excluding tert-OH is 1. The van der Waals surface area contributed by atoms with Gasteiger partial charge in [0.2, 0.25) is 5.91 Å². The van der Waals surface area contributed by atoms with Crippen LogP contribution in [0, 0.1) is 0 Å². The number of fused-ring (bicyclic) bond motifs is 1. The number of hydrogen-bond acceptors (Lipinski definition) is 5. The third kappa shape index (κ3) is 3.63. The van der Waals surface area contributed by atoms with Crippen molar-refractivity contribution in [3.05, 3.63) is 30.1 Å². The molecule has 1 aliphatic heterocycles. The van der Waals surface area contributed by atoms with Crippen LogP contribution in [0.2, 0.25) is 0 Å². The van der Waals surface area contributed by atoms with Crippen molar-refractivity contribution in [2.24, 2.45) is 5.73 Å². The molecular formula is C17H21N5O3. The van der Waals surface area contributed by atoms with E-state index in [0.29, 0.717) is 26.2 Å². The van der Waals surface area contributed by atoms with Crippen LogP contribution >= 0.6 is 0 Å². The Balaban J connectivity index is 1.77. The number of aliphatic hydroxyl groups is 1. The molecule has 8 nitrogen and oxygen atoms in total. The Hall–Kier alpha value is -2.87. The van der Waals surface area contributed by atoms with E-state index in [-0.39, 0.29) is 5.91 Å². The Labute approximate surface area is 144 Å². The Morgan fingerprint density at radius 3 is 2.72 bits per heavy atom. The first-order valence-corrected chi connectivity index (χ1v) is 8.12. The number of piperazine rings is 1. The van der Waals surface area contributed by atoms with E-state index in [4.69, 9.17) is 5.73 Å². The van der Waals surface area contributed by atoms with Gasteiger partial charge in [-0.25, -0.2) is 4.98 Å². The summed E-state index contributed by atoms with van der Waals surface area (Å²) in [4.78, 5) is 34.1. The molecule has 2 amide bonds. The molecule has 3 heterocycles. The monoisotopic (exact) mass is 343 g/mol. The predicted molar refractivity (Wildman–Crippen MR) is 94.8 cm³/mol. The maximum absolute atomic E-state index is 11.8. The molecule has 8 heteroatoms. The summed E-state index contributed by atoms with van der Waals surface area (Å²) < 4.78 is 0. The highest BCUT2D eigenvalue weighted by molar-refractivity contribution is 5.95. The molecule has 1 aliphatic rings. The summed E-state index contributed by atoms with van der Waals surface area (Å²) in [5.74, 6) is -0.741. The fourth-order valence-corrected chi connectivity index (χ4v) is 2.94. The van der Waals surface area contributed by atoms with Crippen molar-refractivity contribution >= 4 is 34.6 Å². The number of aromatic nitrogens is 2. The Bertz CT molecular complexity index is 819. The highest BCUT2D eigenvalue weighted by Gasteiger charge is 2.24.